The second-order valence-electron chi connectivity index (χ2n) is 2.91. The van der Waals surface area contributed by atoms with Crippen LogP contribution in [-0.2, 0) is 16.0 Å². The first-order valence-electron chi connectivity index (χ1n) is 4.53. The van der Waals surface area contributed by atoms with Gasteiger partial charge in [-0.3, -0.25) is 4.79 Å². The van der Waals surface area contributed by atoms with Crippen molar-refractivity contribution in [2.75, 3.05) is 18.1 Å². The van der Waals surface area contributed by atoms with Crippen LogP contribution < -0.4 is 5.32 Å². The maximum Gasteiger partial charge on any atom is 0.325 e. The number of rotatable bonds is 8. The van der Waals surface area contributed by atoms with Gasteiger partial charge in [0.1, 0.15) is 11.5 Å². The van der Waals surface area contributed by atoms with Gasteiger partial charge in [-0.1, -0.05) is 13.5 Å². The number of hydrogen-bond acceptors (Lipinski definition) is 3. The van der Waals surface area contributed by atoms with Gasteiger partial charge in [0.2, 0.25) is 0 Å². The largest absolute Gasteiger partial charge is 0.616 e. The molecule has 2 N–H and O–H groups in total. The summed E-state index contributed by atoms with van der Waals surface area (Å²) in [5.74, 6) is -0.463. The molecule has 5 heteroatoms. The summed E-state index contributed by atoms with van der Waals surface area (Å²) in [4.78, 5) is 10.7. The van der Waals surface area contributed by atoms with Crippen LogP contribution in [-0.4, -0.2) is 39.7 Å². The number of nitrogens with one attached hydrogen (secondary N) is 1. The Morgan fingerprint density at radius 1 is 1.79 bits per heavy atom. The Hall–Kier alpha value is -0.520. The third-order valence-corrected chi connectivity index (χ3v) is 2.91. The fourth-order valence-corrected chi connectivity index (χ4v) is 1.95. The van der Waals surface area contributed by atoms with Gasteiger partial charge < -0.3 is 15.0 Å². The molecule has 0 saturated carbocycles. The van der Waals surface area contributed by atoms with Crippen molar-refractivity contribution in [3.8, 4) is 0 Å². The van der Waals surface area contributed by atoms with Gasteiger partial charge in [0.25, 0.3) is 0 Å². The van der Waals surface area contributed by atoms with E-state index in [2.05, 4.69) is 11.9 Å². The number of carbonyl (C=O) groups is 1. The first-order chi connectivity index (χ1) is 6.61. The normalized spacial score (nSPS) is 14.7. The van der Waals surface area contributed by atoms with E-state index in [0.29, 0.717) is 12.3 Å². The molecule has 0 saturated heterocycles. The second-order valence-corrected chi connectivity index (χ2v) is 4.45. The molecule has 0 aromatic carbocycles. The molecule has 2 unspecified atom stereocenters. The van der Waals surface area contributed by atoms with Crippen LogP contribution in [0.3, 0.4) is 0 Å². The fourth-order valence-electron chi connectivity index (χ4n) is 0.921. The van der Waals surface area contributed by atoms with Crippen molar-refractivity contribution >= 4 is 17.1 Å². The van der Waals surface area contributed by atoms with E-state index in [1.807, 2.05) is 6.92 Å². The van der Waals surface area contributed by atoms with E-state index in [-0.39, 0.29) is 5.75 Å². The summed E-state index contributed by atoms with van der Waals surface area (Å²) in [6.07, 6.45) is 2.40. The van der Waals surface area contributed by atoms with Crippen LogP contribution in [0.25, 0.3) is 0 Å². The molecular formula is C9H17NO3S. The van der Waals surface area contributed by atoms with E-state index < -0.39 is 23.2 Å². The number of hydrogen-bond donors (Lipinski definition) is 2. The summed E-state index contributed by atoms with van der Waals surface area (Å²) in [5.41, 5.74) is 0. The molecule has 14 heavy (non-hydrogen) atoms. The first kappa shape index (κ1) is 13.5. The monoisotopic (exact) mass is 219 g/mol. The number of aliphatic carboxylic acids is 1. The van der Waals surface area contributed by atoms with E-state index in [9.17, 15) is 9.35 Å². The van der Waals surface area contributed by atoms with Gasteiger partial charge in [0, 0.05) is 0 Å². The van der Waals surface area contributed by atoms with Gasteiger partial charge in [-0.15, -0.1) is 0 Å². The number of carboxylic acids is 1. The maximum absolute atomic E-state index is 11.3. The predicted octanol–water partition coefficient (Wildman–Crippen LogP) is 0.374. The van der Waals surface area contributed by atoms with Crippen LogP contribution in [0.15, 0.2) is 12.7 Å². The van der Waals surface area contributed by atoms with Crippen molar-refractivity contribution in [3.63, 3.8) is 0 Å². The van der Waals surface area contributed by atoms with Gasteiger partial charge in [0.05, 0.1) is 0 Å². The zero-order chi connectivity index (χ0) is 11.0. The summed E-state index contributed by atoms with van der Waals surface area (Å²) < 4.78 is 11.3. The molecule has 82 valence electrons. The fraction of sp³-hybridized carbons (Fsp3) is 0.667. The van der Waals surface area contributed by atoms with Crippen molar-refractivity contribution in [3.05, 3.63) is 12.7 Å². The van der Waals surface area contributed by atoms with E-state index >= 15 is 0 Å². The van der Waals surface area contributed by atoms with Crippen molar-refractivity contribution < 1.29 is 14.5 Å². The average Bonchev–Trinajstić information content (AvgIpc) is 2.12. The van der Waals surface area contributed by atoms with E-state index in [1.165, 1.54) is 6.08 Å². The Labute approximate surface area is 87.6 Å². The Bertz CT molecular complexity index is 187. The molecule has 0 rings (SSSR count). The molecule has 4 nitrogen and oxygen atoms in total. The molecule has 0 aliphatic heterocycles. The highest BCUT2D eigenvalue weighted by Gasteiger charge is 2.22. The molecule has 0 radical (unpaired) electrons. The molecule has 0 heterocycles. The third-order valence-electron chi connectivity index (χ3n) is 1.60. The summed E-state index contributed by atoms with van der Waals surface area (Å²) in [6, 6.07) is -0.712. The first-order valence-corrected chi connectivity index (χ1v) is 6.02. The standard InChI is InChI=1S/C9H17NO3S/c1-3-5-10-8(9(11)12)7-14(13)6-4-2/h4,8,10H,2-3,5-7H2,1H3,(H,11,12). The average molecular weight is 219 g/mol. The summed E-state index contributed by atoms with van der Waals surface area (Å²) >= 11 is -1.14. The number of carboxylic acid groups (broad SMARTS) is 1. The zero-order valence-electron chi connectivity index (χ0n) is 8.36. The highest BCUT2D eigenvalue weighted by Crippen LogP contribution is 1.96. The molecule has 0 aromatic rings. The van der Waals surface area contributed by atoms with Crippen molar-refractivity contribution in [1.29, 1.82) is 0 Å². The Kier molecular flexibility index (Phi) is 7.55. The lowest BCUT2D eigenvalue weighted by molar-refractivity contribution is -0.138. The summed E-state index contributed by atoms with van der Waals surface area (Å²) in [6.45, 7) is 6.03. The van der Waals surface area contributed by atoms with Gasteiger partial charge in [-0.25, -0.2) is 0 Å². The third kappa shape index (κ3) is 6.01. The van der Waals surface area contributed by atoms with Crippen molar-refractivity contribution in [2.45, 2.75) is 19.4 Å². The highest BCUT2D eigenvalue weighted by atomic mass is 32.2. The van der Waals surface area contributed by atoms with Crippen LogP contribution in [0.2, 0.25) is 0 Å². The van der Waals surface area contributed by atoms with E-state index in [0.717, 1.165) is 6.42 Å². The smallest absolute Gasteiger partial charge is 0.325 e. The SMILES string of the molecule is C=CC[S+]([O-])CC(NCCC)C(=O)O. The summed E-state index contributed by atoms with van der Waals surface area (Å²) in [7, 11) is 0. The molecule has 2 atom stereocenters. The molecular weight excluding hydrogens is 202 g/mol. The minimum Gasteiger partial charge on any atom is -0.616 e. The Morgan fingerprint density at radius 2 is 2.43 bits per heavy atom. The van der Waals surface area contributed by atoms with Crippen LogP contribution in [0.4, 0.5) is 0 Å². The lowest BCUT2D eigenvalue weighted by Gasteiger charge is -2.16. The maximum atomic E-state index is 11.3. The molecule has 0 fully saturated rings. The van der Waals surface area contributed by atoms with Gasteiger partial charge in [-0.05, 0) is 30.2 Å². The van der Waals surface area contributed by atoms with Crippen molar-refractivity contribution in [2.24, 2.45) is 0 Å². The van der Waals surface area contributed by atoms with Crippen LogP contribution >= 0.6 is 0 Å². The Balaban J connectivity index is 3.94. The van der Waals surface area contributed by atoms with Gasteiger partial charge in [0.15, 0.2) is 6.04 Å². The lowest BCUT2D eigenvalue weighted by Crippen LogP contribution is -2.42. The van der Waals surface area contributed by atoms with Crippen LogP contribution in [0.5, 0.6) is 0 Å². The molecule has 0 aromatic heterocycles. The molecule has 0 aliphatic rings. The predicted molar refractivity (Wildman–Crippen MR) is 57.8 cm³/mol. The van der Waals surface area contributed by atoms with E-state index in [4.69, 9.17) is 5.11 Å². The van der Waals surface area contributed by atoms with E-state index in [1.54, 1.807) is 0 Å². The van der Waals surface area contributed by atoms with Crippen LogP contribution in [0, 0.1) is 0 Å². The molecule has 0 bridgehead atoms. The quantitative estimate of drug-likeness (QED) is 0.457. The second kappa shape index (κ2) is 7.84. The highest BCUT2D eigenvalue weighted by molar-refractivity contribution is 7.91. The van der Waals surface area contributed by atoms with Crippen LogP contribution in [0.1, 0.15) is 13.3 Å². The Morgan fingerprint density at radius 3 is 2.86 bits per heavy atom. The van der Waals surface area contributed by atoms with Crippen molar-refractivity contribution in [1.82, 2.24) is 5.32 Å². The topological polar surface area (TPSA) is 72.4 Å². The van der Waals surface area contributed by atoms with Gasteiger partial charge >= 0.3 is 5.97 Å². The molecule has 0 amide bonds. The zero-order valence-corrected chi connectivity index (χ0v) is 9.18. The molecule has 0 spiro atoms. The summed E-state index contributed by atoms with van der Waals surface area (Å²) in [5, 5.41) is 11.6. The lowest BCUT2D eigenvalue weighted by atomic mass is 10.3. The minimum atomic E-state index is -1.14. The van der Waals surface area contributed by atoms with Gasteiger partial charge in [-0.2, -0.15) is 0 Å². The molecule has 0 aliphatic carbocycles. The minimum absolute atomic E-state index is 0.140.